The second-order valence-corrected chi connectivity index (χ2v) is 6.93. The minimum absolute atomic E-state index is 0.536. The molecule has 0 aliphatic carbocycles. The van der Waals surface area contributed by atoms with Crippen LogP contribution in [0.15, 0.2) is 41.6 Å². The van der Waals surface area contributed by atoms with E-state index in [-0.39, 0.29) is 0 Å². The normalized spacial score (nSPS) is 10.6. The number of aromatic nitrogens is 3. The molecule has 0 amide bonds. The number of nitrogens with zero attached hydrogens (tertiary/aromatic N) is 2. The summed E-state index contributed by atoms with van der Waals surface area (Å²) in [4.78, 5) is 7.09. The molecule has 2 N–H and O–H groups in total. The average molecular weight is 332 g/mol. The van der Waals surface area contributed by atoms with Crippen LogP contribution in [0.2, 0.25) is 0 Å². The lowest BCUT2D eigenvalue weighted by Gasteiger charge is -2.07. The molecule has 2 aromatic heterocycles. The first-order valence-electron chi connectivity index (χ1n) is 6.75. The lowest BCUT2D eigenvalue weighted by atomic mass is 10.3. The van der Waals surface area contributed by atoms with Crippen LogP contribution < -0.4 is 10.1 Å². The van der Waals surface area contributed by atoms with Gasteiger partial charge in [0.25, 0.3) is 0 Å². The summed E-state index contributed by atoms with van der Waals surface area (Å²) in [6.45, 7) is 2.11. The highest BCUT2D eigenvalue weighted by Gasteiger charge is 2.08. The van der Waals surface area contributed by atoms with Crippen LogP contribution in [0.4, 0.5) is 11.6 Å². The Morgan fingerprint density at radius 1 is 1.27 bits per heavy atom. The summed E-state index contributed by atoms with van der Waals surface area (Å²) >= 11 is 3.44. The molecule has 2 heterocycles. The minimum Gasteiger partial charge on any atom is -0.495 e. The number of aromatic amines is 1. The molecule has 22 heavy (non-hydrogen) atoms. The minimum atomic E-state index is 0.536. The lowest BCUT2D eigenvalue weighted by Crippen LogP contribution is -1.95. The van der Waals surface area contributed by atoms with Gasteiger partial charge in [-0.2, -0.15) is 4.98 Å². The van der Waals surface area contributed by atoms with E-state index in [4.69, 9.17) is 4.74 Å². The Morgan fingerprint density at radius 2 is 2.14 bits per heavy atom. The SMILES string of the molecule is COc1ccccc1Nc1n[nH]c(SCc2ccc(C)s2)n1. The first kappa shape index (κ1) is 14.9. The summed E-state index contributed by atoms with van der Waals surface area (Å²) in [5.74, 6) is 2.19. The van der Waals surface area contributed by atoms with Crippen molar-refractivity contribution in [3.63, 3.8) is 0 Å². The molecule has 0 saturated heterocycles. The topological polar surface area (TPSA) is 62.8 Å². The molecule has 0 unspecified atom stereocenters. The van der Waals surface area contributed by atoms with E-state index in [0.717, 1.165) is 22.3 Å². The average Bonchev–Trinajstić information content (AvgIpc) is 3.15. The highest BCUT2D eigenvalue weighted by molar-refractivity contribution is 7.98. The monoisotopic (exact) mass is 332 g/mol. The summed E-state index contributed by atoms with van der Waals surface area (Å²) in [5, 5.41) is 11.1. The van der Waals surface area contributed by atoms with Crippen molar-refractivity contribution in [2.75, 3.05) is 12.4 Å². The molecule has 5 nitrogen and oxygen atoms in total. The fraction of sp³-hybridized carbons (Fsp3) is 0.200. The molecular formula is C15H16N4OS2. The lowest BCUT2D eigenvalue weighted by molar-refractivity contribution is 0.417. The number of benzene rings is 1. The molecule has 0 bridgehead atoms. The zero-order valence-electron chi connectivity index (χ0n) is 12.3. The third kappa shape index (κ3) is 3.61. The Bertz CT molecular complexity index is 753. The van der Waals surface area contributed by atoms with Gasteiger partial charge in [-0.15, -0.1) is 16.4 Å². The van der Waals surface area contributed by atoms with Crippen LogP contribution in [0.25, 0.3) is 0 Å². The smallest absolute Gasteiger partial charge is 0.247 e. The number of methoxy groups -OCH3 is 1. The molecular weight excluding hydrogens is 316 g/mol. The number of rotatable bonds is 6. The summed E-state index contributed by atoms with van der Waals surface area (Å²) in [7, 11) is 1.64. The standard InChI is InChI=1S/C15H16N4OS2/c1-10-7-8-11(22-10)9-21-15-17-14(18-19-15)16-12-5-3-4-6-13(12)20-2/h3-8H,9H2,1-2H3,(H2,16,17,18,19). The van der Waals surface area contributed by atoms with Crippen LogP contribution >= 0.6 is 23.1 Å². The van der Waals surface area contributed by atoms with Crippen LogP contribution in [0.3, 0.4) is 0 Å². The molecule has 0 fully saturated rings. The van der Waals surface area contributed by atoms with E-state index in [9.17, 15) is 0 Å². The maximum atomic E-state index is 5.30. The van der Waals surface area contributed by atoms with E-state index in [2.05, 4.69) is 39.6 Å². The van der Waals surface area contributed by atoms with Gasteiger partial charge in [-0.25, -0.2) is 0 Å². The number of para-hydroxylation sites is 2. The van der Waals surface area contributed by atoms with Crippen molar-refractivity contribution in [1.82, 2.24) is 15.2 Å². The summed E-state index contributed by atoms with van der Waals surface area (Å²) in [5.41, 5.74) is 0.842. The van der Waals surface area contributed by atoms with E-state index in [1.54, 1.807) is 30.2 Å². The first-order chi connectivity index (χ1) is 10.7. The third-order valence-electron chi connectivity index (χ3n) is 2.97. The molecule has 0 saturated carbocycles. The largest absolute Gasteiger partial charge is 0.495 e. The predicted octanol–water partition coefficient (Wildman–Crippen LogP) is 4.22. The highest BCUT2D eigenvalue weighted by atomic mass is 32.2. The molecule has 114 valence electrons. The fourth-order valence-electron chi connectivity index (χ4n) is 1.94. The molecule has 3 aromatic rings. The van der Waals surface area contributed by atoms with Gasteiger partial charge in [0, 0.05) is 15.5 Å². The Labute approximate surface area is 137 Å². The van der Waals surface area contributed by atoms with E-state index >= 15 is 0 Å². The van der Waals surface area contributed by atoms with Crippen molar-refractivity contribution >= 4 is 34.7 Å². The highest BCUT2D eigenvalue weighted by Crippen LogP contribution is 2.28. The summed E-state index contributed by atoms with van der Waals surface area (Å²) in [6, 6.07) is 12.0. The van der Waals surface area contributed by atoms with Crippen molar-refractivity contribution in [2.24, 2.45) is 0 Å². The van der Waals surface area contributed by atoms with E-state index in [1.807, 2.05) is 24.3 Å². The van der Waals surface area contributed by atoms with Crippen molar-refractivity contribution in [2.45, 2.75) is 17.8 Å². The van der Waals surface area contributed by atoms with Gasteiger partial charge in [-0.05, 0) is 31.2 Å². The molecule has 1 aromatic carbocycles. The van der Waals surface area contributed by atoms with Crippen LogP contribution in [-0.4, -0.2) is 22.3 Å². The quantitative estimate of drug-likeness (QED) is 0.662. The van der Waals surface area contributed by atoms with E-state index in [1.165, 1.54) is 9.75 Å². The maximum Gasteiger partial charge on any atom is 0.247 e. The van der Waals surface area contributed by atoms with E-state index in [0.29, 0.717) is 5.95 Å². The van der Waals surface area contributed by atoms with Gasteiger partial charge in [0.1, 0.15) is 5.75 Å². The zero-order valence-corrected chi connectivity index (χ0v) is 13.9. The van der Waals surface area contributed by atoms with Crippen LogP contribution in [0.5, 0.6) is 5.75 Å². The number of nitrogens with one attached hydrogen (secondary N) is 2. The number of ether oxygens (including phenoxy) is 1. The number of hydrogen-bond donors (Lipinski definition) is 2. The number of aryl methyl sites for hydroxylation is 1. The van der Waals surface area contributed by atoms with Crippen LogP contribution in [0, 0.1) is 6.92 Å². The van der Waals surface area contributed by atoms with Crippen molar-refractivity contribution < 1.29 is 4.74 Å². The van der Waals surface area contributed by atoms with Gasteiger partial charge in [-0.3, -0.25) is 5.10 Å². The second-order valence-electron chi connectivity index (χ2n) is 4.59. The molecule has 3 rings (SSSR count). The molecule has 0 radical (unpaired) electrons. The number of thioether (sulfide) groups is 1. The van der Waals surface area contributed by atoms with Gasteiger partial charge in [0.15, 0.2) is 5.16 Å². The molecule has 7 heteroatoms. The van der Waals surface area contributed by atoms with Crippen molar-refractivity contribution in [1.29, 1.82) is 0 Å². The third-order valence-corrected chi connectivity index (χ3v) is 5.06. The van der Waals surface area contributed by atoms with Gasteiger partial charge in [-0.1, -0.05) is 23.9 Å². The summed E-state index contributed by atoms with van der Waals surface area (Å²) in [6.07, 6.45) is 0. The zero-order chi connectivity index (χ0) is 15.4. The van der Waals surface area contributed by atoms with Gasteiger partial charge >= 0.3 is 0 Å². The fourth-order valence-corrected chi connectivity index (χ4v) is 3.67. The second kappa shape index (κ2) is 6.85. The number of anilines is 2. The van der Waals surface area contributed by atoms with Gasteiger partial charge in [0.05, 0.1) is 12.8 Å². The Balaban J connectivity index is 1.63. The Kier molecular flexibility index (Phi) is 4.65. The number of hydrogen-bond acceptors (Lipinski definition) is 6. The van der Waals surface area contributed by atoms with Gasteiger partial charge in [0.2, 0.25) is 5.95 Å². The molecule has 0 atom stereocenters. The number of thiophene rings is 1. The van der Waals surface area contributed by atoms with Crippen molar-refractivity contribution in [3.05, 3.63) is 46.2 Å². The Morgan fingerprint density at radius 3 is 2.91 bits per heavy atom. The Hall–Kier alpha value is -1.99. The van der Waals surface area contributed by atoms with Crippen LogP contribution in [0.1, 0.15) is 9.75 Å². The molecule has 0 spiro atoms. The summed E-state index contributed by atoms with van der Waals surface area (Å²) < 4.78 is 5.30. The van der Waals surface area contributed by atoms with Crippen molar-refractivity contribution in [3.8, 4) is 5.75 Å². The first-order valence-corrected chi connectivity index (χ1v) is 8.55. The molecule has 0 aliphatic heterocycles. The van der Waals surface area contributed by atoms with E-state index < -0.39 is 0 Å². The molecule has 0 aliphatic rings. The number of H-pyrrole nitrogens is 1. The van der Waals surface area contributed by atoms with Gasteiger partial charge < -0.3 is 10.1 Å². The predicted molar refractivity (Wildman–Crippen MR) is 91.3 cm³/mol. The maximum absolute atomic E-state index is 5.30. The van der Waals surface area contributed by atoms with Crippen LogP contribution in [-0.2, 0) is 5.75 Å².